The van der Waals surface area contributed by atoms with Gasteiger partial charge in [-0.25, -0.2) is 4.98 Å². The molecule has 0 saturated carbocycles. The number of aromatic nitrogens is 1. The molecule has 1 unspecified atom stereocenters. The van der Waals surface area contributed by atoms with Crippen LogP contribution in [-0.2, 0) is 6.54 Å². The van der Waals surface area contributed by atoms with Crippen LogP contribution in [0.5, 0.6) is 5.75 Å². The van der Waals surface area contributed by atoms with Crippen LogP contribution in [0.15, 0.2) is 29.8 Å². The van der Waals surface area contributed by atoms with E-state index < -0.39 is 6.10 Å². The van der Waals surface area contributed by atoms with Crippen molar-refractivity contribution >= 4 is 11.3 Å². The smallest absolute Gasteiger partial charge is 0.119 e. The predicted octanol–water partition coefficient (Wildman–Crippen LogP) is 2.29. The van der Waals surface area contributed by atoms with Gasteiger partial charge in [-0.05, 0) is 31.5 Å². The average molecular weight is 292 g/mol. The molecule has 1 heterocycles. The van der Waals surface area contributed by atoms with Crippen molar-refractivity contribution in [1.82, 2.24) is 10.3 Å². The topological polar surface area (TPSA) is 54.4 Å². The monoisotopic (exact) mass is 292 g/mol. The number of hydrogen-bond acceptors (Lipinski definition) is 5. The number of aliphatic hydroxyl groups is 1. The first kappa shape index (κ1) is 15.0. The minimum absolute atomic E-state index is 0.290. The molecule has 0 saturated heterocycles. The number of aryl methyl sites for hydroxylation is 2. The predicted molar refractivity (Wildman–Crippen MR) is 81.2 cm³/mol. The van der Waals surface area contributed by atoms with E-state index in [1.54, 1.807) is 11.3 Å². The minimum Gasteiger partial charge on any atom is -0.491 e. The van der Waals surface area contributed by atoms with Gasteiger partial charge in [0.05, 0.1) is 11.2 Å². The summed E-state index contributed by atoms with van der Waals surface area (Å²) in [7, 11) is 0. The van der Waals surface area contributed by atoms with E-state index >= 15 is 0 Å². The maximum atomic E-state index is 9.88. The number of benzene rings is 1. The van der Waals surface area contributed by atoms with Crippen molar-refractivity contribution in [1.29, 1.82) is 0 Å². The molecule has 0 fully saturated rings. The van der Waals surface area contributed by atoms with Gasteiger partial charge < -0.3 is 15.2 Å². The lowest BCUT2D eigenvalue weighted by Gasteiger charge is -2.13. The van der Waals surface area contributed by atoms with Crippen LogP contribution in [-0.4, -0.2) is 29.3 Å². The van der Waals surface area contributed by atoms with Crippen LogP contribution >= 0.6 is 11.3 Å². The highest BCUT2D eigenvalue weighted by molar-refractivity contribution is 7.09. The minimum atomic E-state index is -0.524. The van der Waals surface area contributed by atoms with Gasteiger partial charge in [0, 0.05) is 18.0 Å². The molecular weight excluding hydrogens is 272 g/mol. The van der Waals surface area contributed by atoms with E-state index in [2.05, 4.69) is 10.3 Å². The molecule has 2 rings (SSSR count). The van der Waals surface area contributed by atoms with E-state index in [0.717, 1.165) is 23.6 Å². The Bertz CT molecular complexity index is 542. The van der Waals surface area contributed by atoms with Crippen LogP contribution in [0.25, 0.3) is 0 Å². The summed E-state index contributed by atoms with van der Waals surface area (Å²) in [5.41, 5.74) is 4.03. The zero-order valence-corrected chi connectivity index (χ0v) is 12.6. The second kappa shape index (κ2) is 7.38. The van der Waals surface area contributed by atoms with Crippen LogP contribution in [0.4, 0.5) is 0 Å². The van der Waals surface area contributed by atoms with Crippen LogP contribution < -0.4 is 10.1 Å². The molecule has 2 aromatic rings. The Morgan fingerprint density at radius 3 is 2.95 bits per heavy atom. The van der Waals surface area contributed by atoms with Gasteiger partial charge in [0.15, 0.2) is 0 Å². The number of thiazole rings is 1. The Morgan fingerprint density at radius 2 is 2.25 bits per heavy atom. The first-order valence-electron chi connectivity index (χ1n) is 6.62. The van der Waals surface area contributed by atoms with Crippen LogP contribution in [0.2, 0.25) is 0 Å². The maximum absolute atomic E-state index is 9.88. The summed E-state index contributed by atoms with van der Waals surface area (Å²) in [6.45, 7) is 5.53. The van der Waals surface area contributed by atoms with Crippen molar-refractivity contribution in [3.8, 4) is 5.75 Å². The van der Waals surface area contributed by atoms with E-state index in [1.807, 2.05) is 43.6 Å². The van der Waals surface area contributed by atoms with Gasteiger partial charge in [0.2, 0.25) is 0 Å². The summed E-state index contributed by atoms with van der Waals surface area (Å²) >= 11 is 1.63. The van der Waals surface area contributed by atoms with Crippen molar-refractivity contribution < 1.29 is 9.84 Å². The highest BCUT2D eigenvalue weighted by Crippen LogP contribution is 2.13. The lowest BCUT2D eigenvalue weighted by atomic mass is 10.2. The molecule has 0 aliphatic carbocycles. The van der Waals surface area contributed by atoms with Crippen LogP contribution in [0.1, 0.15) is 16.1 Å². The lowest BCUT2D eigenvalue weighted by Crippen LogP contribution is -2.31. The third kappa shape index (κ3) is 4.59. The quantitative estimate of drug-likeness (QED) is 0.822. The molecule has 0 aliphatic rings. The van der Waals surface area contributed by atoms with Gasteiger partial charge in [-0.3, -0.25) is 0 Å². The number of aliphatic hydroxyl groups excluding tert-OH is 1. The molecular formula is C15H20N2O2S. The van der Waals surface area contributed by atoms with Crippen molar-refractivity contribution in [3.05, 3.63) is 45.9 Å². The summed E-state index contributed by atoms with van der Waals surface area (Å²) in [6, 6.07) is 7.82. The standard InChI is InChI=1S/C15H20N2O2S/c1-11-4-3-5-14(6-11)19-9-13(18)7-16-8-15-12(2)17-10-20-15/h3-6,10,13,16,18H,7-9H2,1-2H3. The Balaban J connectivity index is 1.68. The van der Waals surface area contributed by atoms with Crippen molar-refractivity contribution in [2.75, 3.05) is 13.2 Å². The first-order valence-corrected chi connectivity index (χ1v) is 7.50. The Kier molecular flexibility index (Phi) is 5.52. The molecule has 2 N–H and O–H groups in total. The normalized spacial score (nSPS) is 12.3. The molecule has 1 atom stereocenters. The van der Waals surface area contributed by atoms with Crippen molar-refractivity contribution in [2.24, 2.45) is 0 Å². The second-order valence-corrected chi connectivity index (χ2v) is 5.71. The molecule has 0 bridgehead atoms. The van der Waals surface area contributed by atoms with E-state index in [1.165, 1.54) is 4.88 Å². The molecule has 1 aromatic carbocycles. The van der Waals surface area contributed by atoms with Crippen LogP contribution in [0, 0.1) is 13.8 Å². The Hall–Kier alpha value is -1.43. The zero-order chi connectivity index (χ0) is 14.4. The summed E-state index contributed by atoms with van der Waals surface area (Å²) in [6.07, 6.45) is -0.524. The highest BCUT2D eigenvalue weighted by Gasteiger charge is 2.06. The fourth-order valence-electron chi connectivity index (χ4n) is 1.80. The van der Waals surface area contributed by atoms with Gasteiger partial charge in [-0.15, -0.1) is 11.3 Å². The molecule has 1 aromatic heterocycles. The fourth-order valence-corrected chi connectivity index (χ4v) is 2.55. The SMILES string of the molecule is Cc1cccc(OCC(O)CNCc2scnc2C)c1. The van der Waals surface area contributed by atoms with Gasteiger partial charge in [0.25, 0.3) is 0 Å². The van der Waals surface area contributed by atoms with E-state index in [9.17, 15) is 5.11 Å². The second-order valence-electron chi connectivity index (χ2n) is 4.77. The fraction of sp³-hybridized carbons (Fsp3) is 0.400. The Morgan fingerprint density at radius 1 is 1.40 bits per heavy atom. The maximum Gasteiger partial charge on any atom is 0.119 e. The molecule has 0 amide bonds. The van der Waals surface area contributed by atoms with E-state index in [-0.39, 0.29) is 6.61 Å². The van der Waals surface area contributed by atoms with Gasteiger partial charge in [-0.2, -0.15) is 0 Å². The third-order valence-electron chi connectivity index (χ3n) is 2.94. The molecule has 20 heavy (non-hydrogen) atoms. The van der Waals surface area contributed by atoms with E-state index in [4.69, 9.17) is 4.74 Å². The Labute approximate surface area is 123 Å². The summed E-state index contributed by atoms with van der Waals surface area (Å²) in [4.78, 5) is 5.40. The third-order valence-corrected chi connectivity index (χ3v) is 3.88. The number of nitrogens with zero attached hydrogens (tertiary/aromatic N) is 1. The molecule has 4 nitrogen and oxygen atoms in total. The summed E-state index contributed by atoms with van der Waals surface area (Å²) in [5, 5.41) is 13.1. The molecule has 108 valence electrons. The first-order chi connectivity index (χ1) is 9.65. The number of ether oxygens (including phenoxy) is 1. The zero-order valence-electron chi connectivity index (χ0n) is 11.8. The molecule has 5 heteroatoms. The highest BCUT2D eigenvalue weighted by atomic mass is 32.1. The van der Waals surface area contributed by atoms with Crippen LogP contribution in [0.3, 0.4) is 0 Å². The van der Waals surface area contributed by atoms with Crippen molar-refractivity contribution in [3.63, 3.8) is 0 Å². The lowest BCUT2D eigenvalue weighted by molar-refractivity contribution is 0.106. The van der Waals surface area contributed by atoms with Crippen molar-refractivity contribution in [2.45, 2.75) is 26.5 Å². The van der Waals surface area contributed by atoms with Gasteiger partial charge in [-0.1, -0.05) is 12.1 Å². The number of hydrogen-bond donors (Lipinski definition) is 2. The summed E-state index contributed by atoms with van der Waals surface area (Å²) in [5.74, 6) is 0.794. The molecule has 0 radical (unpaired) electrons. The average Bonchev–Trinajstić information content (AvgIpc) is 2.82. The van der Waals surface area contributed by atoms with Gasteiger partial charge in [0.1, 0.15) is 18.5 Å². The number of nitrogens with one attached hydrogen (secondary N) is 1. The summed E-state index contributed by atoms with van der Waals surface area (Å²) < 4.78 is 5.56. The largest absolute Gasteiger partial charge is 0.491 e. The number of rotatable bonds is 7. The molecule has 0 aliphatic heterocycles. The molecule has 0 spiro atoms. The van der Waals surface area contributed by atoms with Gasteiger partial charge >= 0.3 is 0 Å². The van der Waals surface area contributed by atoms with E-state index in [0.29, 0.717) is 6.54 Å².